The number of alkyl halides is 70. The van der Waals surface area contributed by atoms with E-state index in [4.69, 9.17) is 0 Å². The zero-order chi connectivity index (χ0) is 109. The van der Waals surface area contributed by atoms with Gasteiger partial charge in [0.1, 0.15) is 12.2 Å². The number of ether oxygens (including phenoxy) is 11. The zero-order valence-corrected chi connectivity index (χ0v) is 59.7. The molecular weight excluding hydrogens is 2150 g/mol. The van der Waals surface area contributed by atoms with Crippen molar-refractivity contribution in [2.45, 2.75) is 231 Å². The average Bonchev–Trinajstić information content (AvgIpc) is 0.708. The highest BCUT2D eigenvalue weighted by Gasteiger charge is 2.96. The van der Waals surface area contributed by atoms with Crippen molar-refractivity contribution in [1.82, 2.24) is 0 Å². The van der Waals surface area contributed by atoms with Gasteiger partial charge in [-0.2, -0.15) is 307 Å². The molecule has 0 radical (unpaired) electrons. The normalized spacial score (nSPS) is 20.3. The van der Waals surface area contributed by atoms with Crippen LogP contribution in [0.4, 0.5) is 307 Å². The molecule has 0 bridgehead atoms. The van der Waals surface area contributed by atoms with Gasteiger partial charge in [-0.25, -0.2) is 0 Å². The van der Waals surface area contributed by atoms with Gasteiger partial charge < -0.3 is 4.74 Å². The minimum Gasteiger partial charge on any atom is -0.362 e. The lowest BCUT2D eigenvalue weighted by molar-refractivity contribution is -0.602. The molecular formula is C54H20F70O11. The third-order valence-electron chi connectivity index (χ3n) is 15.3. The Balaban J connectivity index is 3.48. The number of hydrogen-bond donors (Lipinski definition) is 0. The summed E-state index contributed by atoms with van der Waals surface area (Å²) in [5, 5.41) is 0. The lowest BCUT2D eigenvalue weighted by Gasteiger charge is -2.46. The molecule has 0 aliphatic heterocycles. The molecule has 792 valence electrons. The van der Waals surface area contributed by atoms with Crippen molar-refractivity contribution in [3.05, 3.63) is 83.9 Å². The Labute approximate surface area is 686 Å². The number of benzene rings is 2. The van der Waals surface area contributed by atoms with Gasteiger partial charge in [0.25, 0.3) is 0 Å². The van der Waals surface area contributed by atoms with Crippen molar-refractivity contribution in [2.24, 2.45) is 0 Å². The maximum Gasteiger partial charge on any atom is 0.462 e. The first kappa shape index (κ1) is 124. The average molecular weight is 2170 g/mol. The zero-order valence-electron chi connectivity index (χ0n) is 59.7. The number of halogens is 70. The predicted octanol–water partition coefficient (Wildman–Crippen LogP) is 26.3. The summed E-state index contributed by atoms with van der Waals surface area (Å²) >= 11 is 0. The number of rotatable bonds is 40. The fourth-order valence-corrected chi connectivity index (χ4v) is 8.38. The van der Waals surface area contributed by atoms with Crippen LogP contribution in [0.2, 0.25) is 0 Å². The Kier molecular flexibility index (Phi) is 32.4. The van der Waals surface area contributed by atoms with E-state index in [-0.39, 0.29) is 36.4 Å². The third kappa shape index (κ3) is 22.0. The van der Waals surface area contributed by atoms with Crippen LogP contribution in [-0.4, -0.2) is 218 Å². The summed E-state index contributed by atoms with van der Waals surface area (Å²) in [6.45, 7) is 5.60. The smallest absolute Gasteiger partial charge is 0.362 e. The van der Waals surface area contributed by atoms with E-state index in [1.54, 1.807) is 9.47 Å². The predicted molar refractivity (Wildman–Crippen MR) is 270 cm³/mol. The third-order valence-corrected chi connectivity index (χ3v) is 15.3. The van der Waals surface area contributed by atoms with E-state index in [2.05, 4.69) is 17.9 Å². The minimum absolute atomic E-state index is 0.0570. The topological polar surface area (TPSA) is 102 Å². The van der Waals surface area contributed by atoms with Gasteiger partial charge in [0, 0.05) is 12.8 Å². The summed E-state index contributed by atoms with van der Waals surface area (Å²) < 4.78 is 1030. The van der Waals surface area contributed by atoms with Gasteiger partial charge in [0.15, 0.2) is 0 Å². The second kappa shape index (κ2) is 35.4. The second-order valence-electron chi connectivity index (χ2n) is 24.8. The van der Waals surface area contributed by atoms with E-state index < -0.39 is 277 Å². The van der Waals surface area contributed by atoms with Gasteiger partial charge in [0.05, 0.1) is 0 Å². The van der Waals surface area contributed by atoms with Gasteiger partial charge in [-0.1, -0.05) is 73.8 Å². The largest absolute Gasteiger partial charge is 0.462 e. The second-order valence-corrected chi connectivity index (χ2v) is 24.8. The van der Waals surface area contributed by atoms with Crippen LogP contribution in [0.15, 0.2) is 61.7 Å². The first-order chi connectivity index (χ1) is 58.1. The van der Waals surface area contributed by atoms with Crippen LogP contribution in [0.1, 0.15) is 22.3 Å². The van der Waals surface area contributed by atoms with E-state index in [1.807, 2.05) is 0 Å². The summed E-state index contributed by atoms with van der Waals surface area (Å²) in [6.07, 6.45) is -231. The molecule has 12 atom stereocenters. The van der Waals surface area contributed by atoms with Crippen LogP contribution in [-0.2, 0) is 64.9 Å². The molecule has 0 N–H and O–H groups in total. The minimum atomic E-state index is -10.3. The first-order valence-electron chi connectivity index (χ1n) is 30.4. The highest BCUT2D eigenvalue weighted by Crippen LogP contribution is 2.68. The van der Waals surface area contributed by atoms with Crippen molar-refractivity contribution in [2.75, 3.05) is 0 Å². The lowest BCUT2D eigenvalue weighted by Crippen LogP contribution is -2.73. The molecule has 0 aromatic heterocycles. The molecule has 12 unspecified atom stereocenters. The van der Waals surface area contributed by atoms with Crippen LogP contribution in [0.5, 0.6) is 0 Å². The molecule has 0 aliphatic carbocycles. The highest BCUT2D eigenvalue weighted by atomic mass is 19.5. The quantitative estimate of drug-likeness (QED) is 0.0596. The Hall–Kier alpha value is -7.42. The molecule has 2 aromatic rings. The molecule has 0 saturated carbocycles. The SMILES string of the molecule is C=Cc1ccc(CC(OC(Cc2ccc(C=C)cc2)C(F)(OC(F)(F)C(F)(OC(F)(F)C(F)(OC(F)(F)C(F)(OC(F)(F)C(F)(OC(F)(F)C(F)(F)C(F)(F)F)C(F)(F)F)C(F)(F)F)C(F)(F)F)C(F)(F)F)C(F)(F)F)C(F)(OC(F)(F)C(F)(OC(F)(F)C(F)(OC(F)(F)C(F)(OC(F)(F)C(F)(OC(F)(F)C(F)(F)C(F)(F)F)C(F)(F)F)C(F)(F)F)C(F)(F)F)C(F)(F)F)C(F)(F)F)cc1. The molecule has 81 heteroatoms. The van der Waals surface area contributed by atoms with E-state index in [1.165, 1.54) is 0 Å². The van der Waals surface area contributed by atoms with E-state index in [0.29, 0.717) is 28.4 Å². The van der Waals surface area contributed by atoms with E-state index in [9.17, 15) is 193 Å². The molecule has 0 aliphatic rings. The summed E-state index contributed by atoms with van der Waals surface area (Å²) in [4.78, 5) is 0. The first-order valence-corrected chi connectivity index (χ1v) is 30.4. The van der Waals surface area contributed by atoms with Crippen LogP contribution in [0.3, 0.4) is 0 Å². The van der Waals surface area contributed by atoms with Crippen molar-refractivity contribution in [3.8, 4) is 0 Å². The van der Waals surface area contributed by atoms with Gasteiger partial charge in [-0.3, -0.25) is 47.4 Å². The Bertz CT molecular complexity index is 4080. The van der Waals surface area contributed by atoms with Crippen molar-refractivity contribution in [1.29, 1.82) is 0 Å². The van der Waals surface area contributed by atoms with Crippen LogP contribution < -0.4 is 0 Å². The molecule has 0 saturated heterocycles. The number of hydrogen-bond acceptors (Lipinski definition) is 11. The standard InChI is InChI=1S/C54H20F70O11/c1-3-15-5-9-17(10-6-15)13-19(21(55,33(69,70)71)126-47(109,110)25(61,37(81,82)83)130-51(117,118)29(65,41(93,94)95)134-53(121,122)31(67,43(99,100)101)132-49(113,114)27(63,39(87,88)89)128-45(105,106)23(57,58)35(75,76)77)125-20(14-18-11-7-16(4-2)8-12-18)22(56,34(72,73)74)127-48(111,112)26(62,38(84,85)86)131-52(119,120)30(66,42(96,97)98)135-54(123,124)32(68,44(102,103)104)133-50(115,116)28(64,40(90,91)92)129-46(107,108)24(59,60)36(78,79)80/h3-12,19-20H,1-2,13-14H2. The Morgan fingerprint density at radius 1 is 0.178 bits per heavy atom. The molecule has 0 heterocycles. The molecule has 2 aromatic carbocycles. The maximum absolute atomic E-state index is 17.4. The molecule has 2 rings (SSSR count). The Morgan fingerprint density at radius 2 is 0.311 bits per heavy atom. The monoisotopic (exact) mass is 2170 g/mol. The van der Waals surface area contributed by atoms with E-state index in [0.717, 1.165) is 9.47 Å². The summed E-state index contributed by atoms with van der Waals surface area (Å²) in [7, 11) is 0. The molecule has 0 fully saturated rings. The van der Waals surface area contributed by atoms with Gasteiger partial charge in [-0.15, -0.1) is 0 Å². The van der Waals surface area contributed by atoms with Crippen LogP contribution in [0, 0.1) is 0 Å². The summed E-state index contributed by atoms with van der Waals surface area (Å²) in [5.41, 5.74) is -6.13. The van der Waals surface area contributed by atoms with E-state index >= 15 is 114 Å². The van der Waals surface area contributed by atoms with Crippen LogP contribution >= 0.6 is 0 Å². The molecule has 0 amide bonds. The highest BCUT2D eigenvalue weighted by molar-refractivity contribution is 5.48. The van der Waals surface area contributed by atoms with Crippen LogP contribution in [0.25, 0.3) is 12.2 Å². The van der Waals surface area contributed by atoms with Gasteiger partial charge >= 0.3 is 206 Å². The van der Waals surface area contributed by atoms with Crippen molar-refractivity contribution >= 4 is 12.2 Å². The Morgan fingerprint density at radius 3 is 0.430 bits per heavy atom. The van der Waals surface area contributed by atoms with Gasteiger partial charge in [-0.05, 0) is 22.3 Å². The molecule has 0 spiro atoms. The molecule has 135 heavy (non-hydrogen) atoms. The van der Waals surface area contributed by atoms with Gasteiger partial charge in [0.2, 0.25) is 0 Å². The summed E-state index contributed by atoms with van der Waals surface area (Å²) in [6, 6.07) is -1.99. The molecule has 11 nitrogen and oxygen atoms in total. The van der Waals surface area contributed by atoms with Crippen molar-refractivity contribution in [3.63, 3.8) is 0 Å². The fraction of sp³-hybridized carbons (Fsp3) is 0.704. The van der Waals surface area contributed by atoms with Crippen molar-refractivity contribution < 1.29 is 359 Å². The maximum atomic E-state index is 17.4. The summed E-state index contributed by atoms with van der Waals surface area (Å²) in [5.74, 6) is -116. The lowest BCUT2D eigenvalue weighted by atomic mass is 9.96. The fourth-order valence-electron chi connectivity index (χ4n) is 8.38.